The first-order valence-corrected chi connectivity index (χ1v) is 17.9. The zero-order chi connectivity index (χ0) is 39.5. The molecule has 0 atom stereocenters. The van der Waals surface area contributed by atoms with Gasteiger partial charge >= 0.3 is 0 Å². The van der Waals surface area contributed by atoms with Crippen molar-refractivity contribution >= 4 is 22.0 Å². The molecule has 271 valence electrons. The number of imidazole rings is 1. The molecular weight excluding hydrogens is 865 g/mol. The maximum Gasteiger partial charge on any atom is 0.0774 e. The van der Waals surface area contributed by atoms with Gasteiger partial charge in [0.05, 0.1) is 22.5 Å². The van der Waals surface area contributed by atoms with Crippen LogP contribution in [0.3, 0.4) is 0 Å². The number of aryl methyl sites for hydroxylation is 1. The first kappa shape index (κ1) is 32.7. The summed E-state index contributed by atoms with van der Waals surface area (Å²) in [6.07, 6.45) is 8.24. The Morgan fingerprint density at radius 2 is 1.36 bits per heavy atom. The van der Waals surface area contributed by atoms with Crippen LogP contribution in [-0.2, 0) is 20.1 Å². The average Bonchev–Trinajstić information content (AvgIpc) is 3.88. The van der Waals surface area contributed by atoms with Crippen LogP contribution in [0.4, 0.5) is 0 Å². The van der Waals surface area contributed by atoms with Crippen LogP contribution in [0.5, 0.6) is 0 Å². The van der Waals surface area contributed by atoms with Crippen LogP contribution in [0.1, 0.15) is 9.68 Å². The molecule has 0 unspecified atom stereocenters. The van der Waals surface area contributed by atoms with E-state index in [-0.39, 0.29) is 25.7 Å². The van der Waals surface area contributed by atoms with Crippen molar-refractivity contribution in [2.45, 2.75) is 6.85 Å². The number of benzene rings is 6. The van der Waals surface area contributed by atoms with Crippen LogP contribution in [0.2, 0.25) is 0 Å². The zero-order valence-corrected chi connectivity index (χ0v) is 32.3. The van der Waals surface area contributed by atoms with E-state index >= 15 is 0 Å². The van der Waals surface area contributed by atoms with Gasteiger partial charge in [0.15, 0.2) is 0 Å². The predicted molar refractivity (Wildman–Crippen MR) is 222 cm³/mol. The van der Waals surface area contributed by atoms with Gasteiger partial charge in [-0.25, -0.2) is 0 Å². The molecule has 0 N–H and O–H groups in total. The van der Waals surface area contributed by atoms with E-state index in [0.29, 0.717) is 0 Å². The summed E-state index contributed by atoms with van der Waals surface area (Å²) < 4.78 is 30.0. The standard InChI is InChI=1S/C38H24N3O.C12H10N.Ir/c1-3-10-27(11-4-1)30-14-9-15-31(28-12-5-2-6-13-28)37(30)41-35-17-8-7-16-34(35)40-38(41)33-25-42-36-19-18-29(24-32(33)36)26-20-22-39-23-21-26;1-10-7-8-12(13-9-10)11-5-3-2-4-6-11;/h1-24H;2-5,7-9H,1H3;/q2*-1;/i;1D3;. The Kier molecular flexibility index (Phi) is 9.54. The van der Waals surface area contributed by atoms with Crippen LogP contribution in [-0.4, -0.2) is 19.5 Å². The van der Waals surface area contributed by atoms with Gasteiger partial charge in [0.25, 0.3) is 0 Å². The van der Waals surface area contributed by atoms with Crippen molar-refractivity contribution in [3.05, 3.63) is 206 Å². The van der Waals surface area contributed by atoms with Crippen molar-refractivity contribution in [3.63, 3.8) is 0 Å². The summed E-state index contributed by atoms with van der Waals surface area (Å²) >= 11 is 0. The van der Waals surface area contributed by atoms with E-state index in [1.807, 2.05) is 54.9 Å². The minimum atomic E-state index is -2.09. The molecule has 0 fully saturated rings. The summed E-state index contributed by atoms with van der Waals surface area (Å²) in [5.41, 5.74) is 13.1. The molecule has 5 nitrogen and oxygen atoms in total. The molecule has 0 saturated carbocycles. The monoisotopic (exact) mass is 902 g/mol. The van der Waals surface area contributed by atoms with E-state index in [1.54, 1.807) is 18.2 Å². The van der Waals surface area contributed by atoms with Gasteiger partial charge in [-0.3, -0.25) is 9.97 Å². The number of nitrogens with zero attached hydrogens (tertiary/aromatic N) is 4. The van der Waals surface area contributed by atoms with Gasteiger partial charge in [0, 0.05) is 65.8 Å². The third kappa shape index (κ3) is 7.24. The maximum atomic E-state index is 7.23. The van der Waals surface area contributed by atoms with Gasteiger partial charge < -0.3 is 14.0 Å². The van der Waals surface area contributed by atoms with Crippen LogP contribution in [0, 0.1) is 19.2 Å². The van der Waals surface area contributed by atoms with E-state index in [0.717, 1.165) is 83.7 Å². The Hall–Kier alpha value is -6.72. The molecule has 0 aliphatic carbocycles. The van der Waals surface area contributed by atoms with Crippen molar-refractivity contribution in [2.75, 3.05) is 0 Å². The van der Waals surface area contributed by atoms with E-state index in [4.69, 9.17) is 13.5 Å². The third-order valence-electron chi connectivity index (χ3n) is 9.49. The smallest absolute Gasteiger partial charge is 0.0774 e. The van der Waals surface area contributed by atoms with Gasteiger partial charge in [-0.15, -0.1) is 35.9 Å². The molecule has 0 spiro atoms. The number of para-hydroxylation sites is 3. The summed E-state index contributed by atoms with van der Waals surface area (Å²) in [6.45, 7) is -2.09. The molecule has 6 heteroatoms. The second-order valence-electron chi connectivity index (χ2n) is 12.9. The largest absolute Gasteiger partial charge is 0.557 e. The molecule has 0 bridgehead atoms. The number of pyridine rings is 2. The Balaban J connectivity index is 0.000000240. The van der Waals surface area contributed by atoms with Crippen LogP contribution >= 0.6 is 0 Å². The topological polar surface area (TPSA) is 56.7 Å². The predicted octanol–water partition coefficient (Wildman–Crippen LogP) is 12.5. The molecule has 1 radical (unpaired) electrons. The summed E-state index contributed by atoms with van der Waals surface area (Å²) in [5.74, 6) is 0.780. The summed E-state index contributed by atoms with van der Waals surface area (Å²) in [6, 6.07) is 59.9. The molecule has 56 heavy (non-hydrogen) atoms. The van der Waals surface area contributed by atoms with E-state index in [9.17, 15) is 0 Å². The van der Waals surface area contributed by atoms with Gasteiger partial charge in [-0.05, 0) is 64.6 Å². The number of furan rings is 1. The van der Waals surface area contributed by atoms with Gasteiger partial charge in [-0.1, -0.05) is 132 Å². The number of fused-ring (bicyclic) bond motifs is 2. The quantitative estimate of drug-likeness (QED) is 0.156. The average molecular weight is 902 g/mol. The fourth-order valence-corrected chi connectivity index (χ4v) is 6.88. The second kappa shape index (κ2) is 16.3. The van der Waals surface area contributed by atoms with Crippen molar-refractivity contribution < 1.29 is 28.6 Å². The summed E-state index contributed by atoms with van der Waals surface area (Å²) in [7, 11) is 0. The van der Waals surface area contributed by atoms with Crippen molar-refractivity contribution in [3.8, 4) is 61.7 Å². The molecule has 0 aliphatic rings. The van der Waals surface area contributed by atoms with E-state index in [1.165, 1.54) is 6.20 Å². The van der Waals surface area contributed by atoms with Gasteiger partial charge in [0.1, 0.15) is 0 Å². The zero-order valence-electron chi connectivity index (χ0n) is 32.9. The molecule has 10 rings (SSSR count). The number of hydrogen-bond acceptors (Lipinski definition) is 4. The number of aromatic nitrogens is 4. The van der Waals surface area contributed by atoms with E-state index < -0.39 is 6.85 Å². The van der Waals surface area contributed by atoms with E-state index in [2.05, 4.69) is 136 Å². The molecule has 0 amide bonds. The number of hydrogen-bond donors (Lipinski definition) is 0. The van der Waals surface area contributed by atoms with Gasteiger partial charge in [-0.2, -0.15) is 0 Å². The summed E-state index contributed by atoms with van der Waals surface area (Å²) in [4.78, 5) is 13.5. The molecular formula is C50H34IrN4O-2. The second-order valence-corrected chi connectivity index (χ2v) is 12.9. The molecule has 0 saturated heterocycles. The van der Waals surface area contributed by atoms with Crippen molar-refractivity contribution in [2.24, 2.45) is 0 Å². The first-order valence-electron chi connectivity index (χ1n) is 19.4. The summed E-state index contributed by atoms with van der Waals surface area (Å²) in [5, 5.41) is 0.958. The fraction of sp³-hybridized carbons (Fsp3) is 0.0200. The Labute approximate surface area is 343 Å². The minimum absolute atomic E-state index is 0. The fourth-order valence-electron chi connectivity index (χ4n) is 6.88. The third-order valence-corrected chi connectivity index (χ3v) is 9.49. The Morgan fingerprint density at radius 3 is 2.04 bits per heavy atom. The molecule has 10 aromatic rings. The van der Waals surface area contributed by atoms with Crippen LogP contribution in [0.15, 0.2) is 193 Å². The SMILES string of the molecule is [2H]C([2H])([2H])c1ccc(-c2[c-]cccc2)nc1.[Ir].[c-]1oc2ccc(-c3ccncc3)cc2c1-c1nc2ccccc2n1-c1c(-c2ccccc2)cccc1-c1ccccc1. The van der Waals surface area contributed by atoms with Gasteiger partial charge in [0.2, 0.25) is 0 Å². The normalized spacial score (nSPS) is 11.8. The Morgan fingerprint density at radius 1 is 0.643 bits per heavy atom. The molecule has 4 heterocycles. The minimum Gasteiger partial charge on any atom is -0.557 e. The van der Waals surface area contributed by atoms with Crippen molar-refractivity contribution in [1.29, 1.82) is 0 Å². The molecule has 6 aromatic carbocycles. The van der Waals surface area contributed by atoms with Crippen molar-refractivity contribution in [1.82, 2.24) is 19.5 Å². The number of rotatable bonds is 6. The maximum absolute atomic E-state index is 7.23. The Bertz CT molecular complexity index is 2910. The van der Waals surface area contributed by atoms with Crippen LogP contribution < -0.4 is 0 Å². The molecule has 0 aliphatic heterocycles. The first-order chi connectivity index (χ1) is 28.4. The van der Waals surface area contributed by atoms with Crippen LogP contribution in [0.25, 0.3) is 83.7 Å². The molecule has 4 aromatic heterocycles.